The van der Waals surface area contributed by atoms with Crippen LogP contribution in [0.4, 0.5) is 0 Å². The molecule has 0 aromatic heterocycles. The maximum atomic E-state index is 10.0. The van der Waals surface area contributed by atoms with Gasteiger partial charge < -0.3 is 5.11 Å². The van der Waals surface area contributed by atoms with Crippen molar-refractivity contribution in [2.45, 2.75) is 52.7 Å². The van der Waals surface area contributed by atoms with Gasteiger partial charge in [-0.3, -0.25) is 9.80 Å². The molecular formula is C14H30N2O. The van der Waals surface area contributed by atoms with Crippen LogP contribution in [0.25, 0.3) is 0 Å². The number of rotatable bonds is 6. The van der Waals surface area contributed by atoms with Gasteiger partial charge in [0, 0.05) is 38.8 Å². The van der Waals surface area contributed by atoms with E-state index in [0.717, 1.165) is 39.1 Å². The van der Waals surface area contributed by atoms with Crippen LogP contribution in [0.3, 0.4) is 0 Å². The maximum absolute atomic E-state index is 10.0. The van der Waals surface area contributed by atoms with Crippen LogP contribution in [0.15, 0.2) is 0 Å². The normalized spacial score (nSPS) is 24.5. The quantitative estimate of drug-likeness (QED) is 0.769. The summed E-state index contributed by atoms with van der Waals surface area (Å²) in [6, 6.07) is 0.705. The van der Waals surface area contributed by atoms with Crippen molar-refractivity contribution in [1.82, 2.24) is 9.80 Å². The topological polar surface area (TPSA) is 26.7 Å². The number of nitrogens with zero attached hydrogens (tertiary/aromatic N) is 2. The Kier molecular flexibility index (Phi) is 6.45. The zero-order valence-corrected chi connectivity index (χ0v) is 12.0. The summed E-state index contributed by atoms with van der Waals surface area (Å²) in [4.78, 5) is 4.97. The second-order valence-corrected chi connectivity index (χ2v) is 5.55. The van der Waals surface area contributed by atoms with Crippen molar-refractivity contribution in [3.63, 3.8) is 0 Å². The van der Waals surface area contributed by atoms with Crippen molar-refractivity contribution in [3.8, 4) is 0 Å². The van der Waals surface area contributed by atoms with Gasteiger partial charge >= 0.3 is 0 Å². The molecule has 1 fully saturated rings. The zero-order chi connectivity index (χ0) is 12.8. The smallest absolute Gasteiger partial charge is 0.0692 e. The molecule has 0 spiro atoms. The number of hydrogen-bond acceptors (Lipinski definition) is 3. The molecule has 17 heavy (non-hydrogen) atoms. The van der Waals surface area contributed by atoms with E-state index in [1.54, 1.807) is 0 Å². The number of hydrogen-bond donors (Lipinski definition) is 1. The molecule has 3 unspecified atom stereocenters. The van der Waals surface area contributed by atoms with E-state index in [0.29, 0.717) is 12.0 Å². The molecule has 3 nitrogen and oxygen atoms in total. The van der Waals surface area contributed by atoms with Crippen LogP contribution in [0.1, 0.15) is 40.5 Å². The van der Waals surface area contributed by atoms with Gasteiger partial charge in [0.1, 0.15) is 0 Å². The molecule has 0 saturated carbocycles. The van der Waals surface area contributed by atoms with E-state index in [-0.39, 0.29) is 6.10 Å². The number of piperazine rings is 1. The summed E-state index contributed by atoms with van der Waals surface area (Å²) in [5.41, 5.74) is 0. The van der Waals surface area contributed by atoms with Gasteiger partial charge in [-0.25, -0.2) is 0 Å². The minimum atomic E-state index is -0.157. The lowest BCUT2D eigenvalue weighted by Gasteiger charge is -2.39. The van der Waals surface area contributed by atoms with E-state index in [4.69, 9.17) is 0 Å². The largest absolute Gasteiger partial charge is 0.392 e. The molecule has 0 bridgehead atoms. The van der Waals surface area contributed by atoms with E-state index >= 15 is 0 Å². The summed E-state index contributed by atoms with van der Waals surface area (Å²) in [6.07, 6.45) is 2.14. The van der Waals surface area contributed by atoms with Crippen molar-refractivity contribution in [2.24, 2.45) is 5.92 Å². The molecule has 3 atom stereocenters. The van der Waals surface area contributed by atoms with E-state index in [9.17, 15) is 5.11 Å². The van der Waals surface area contributed by atoms with Gasteiger partial charge in [-0.2, -0.15) is 0 Å². The lowest BCUT2D eigenvalue weighted by atomic mass is 10.0. The highest BCUT2D eigenvalue weighted by molar-refractivity contribution is 4.78. The van der Waals surface area contributed by atoms with Gasteiger partial charge in [-0.15, -0.1) is 0 Å². The predicted octanol–water partition coefficient (Wildman–Crippen LogP) is 1.81. The average Bonchev–Trinajstić information content (AvgIpc) is 2.37. The summed E-state index contributed by atoms with van der Waals surface area (Å²) in [5, 5.41) is 10.0. The Morgan fingerprint density at radius 2 is 1.59 bits per heavy atom. The molecule has 0 aromatic carbocycles. The highest BCUT2D eigenvalue weighted by atomic mass is 16.3. The minimum absolute atomic E-state index is 0.157. The number of aliphatic hydroxyl groups is 1. The molecule has 1 aliphatic rings. The van der Waals surface area contributed by atoms with Crippen molar-refractivity contribution in [3.05, 3.63) is 0 Å². The third-order valence-electron chi connectivity index (χ3n) is 4.37. The number of β-amino-alcohol motifs (C(OH)–C–C–N with tert-alkyl or cyclic N) is 1. The monoisotopic (exact) mass is 242 g/mol. The Morgan fingerprint density at radius 1 is 1.00 bits per heavy atom. The first-order valence-corrected chi connectivity index (χ1v) is 7.22. The second kappa shape index (κ2) is 7.34. The fraction of sp³-hybridized carbons (Fsp3) is 1.00. The molecule has 0 aliphatic carbocycles. The third-order valence-corrected chi connectivity index (χ3v) is 4.37. The minimum Gasteiger partial charge on any atom is -0.392 e. The maximum Gasteiger partial charge on any atom is 0.0692 e. The summed E-state index contributed by atoms with van der Waals surface area (Å²) < 4.78 is 0. The molecule has 0 amide bonds. The Labute approximate surface area is 107 Å². The average molecular weight is 242 g/mol. The first kappa shape index (κ1) is 14.9. The Morgan fingerprint density at radius 3 is 2.06 bits per heavy atom. The summed E-state index contributed by atoms with van der Waals surface area (Å²) in [6.45, 7) is 14.2. The van der Waals surface area contributed by atoms with Crippen LogP contribution in [-0.2, 0) is 0 Å². The molecule has 1 N–H and O–H groups in total. The van der Waals surface area contributed by atoms with E-state index in [2.05, 4.69) is 37.5 Å². The van der Waals surface area contributed by atoms with Crippen LogP contribution < -0.4 is 0 Å². The first-order valence-electron chi connectivity index (χ1n) is 7.22. The van der Waals surface area contributed by atoms with Gasteiger partial charge in [0.15, 0.2) is 0 Å². The van der Waals surface area contributed by atoms with Crippen LogP contribution in [0, 0.1) is 5.92 Å². The molecule has 1 saturated heterocycles. The fourth-order valence-corrected chi connectivity index (χ4v) is 2.36. The number of aliphatic hydroxyl groups excluding tert-OH is 1. The summed E-state index contributed by atoms with van der Waals surface area (Å²) in [5.74, 6) is 0.419. The summed E-state index contributed by atoms with van der Waals surface area (Å²) >= 11 is 0. The van der Waals surface area contributed by atoms with Gasteiger partial charge in [0.2, 0.25) is 0 Å². The standard InChI is InChI=1S/C14H30N2O/c1-5-12(3)14(17)11-15-7-9-16(10-8-15)13(4)6-2/h12-14,17H,5-11H2,1-4H3. The first-order chi connectivity index (χ1) is 8.08. The van der Waals surface area contributed by atoms with Crippen LogP contribution in [0.2, 0.25) is 0 Å². The SMILES string of the molecule is CCC(C)C(O)CN1CCN(C(C)CC)CC1. The van der Waals surface area contributed by atoms with Crippen LogP contribution in [0.5, 0.6) is 0 Å². The molecule has 0 aromatic rings. The molecule has 1 aliphatic heterocycles. The zero-order valence-electron chi connectivity index (χ0n) is 12.0. The Bertz CT molecular complexity index is 202. The van der Waals surface area contributed by atoms with Gasteiger partial charge in [0.05, 0.1) is 6.10 Å². The van der Waals surface area contributed by atoms with Gasteiger partial charge in [-0.05, 0) is 19.3 Å². The van der Waals surface area contributed by atoms with E-state index < -0.39 is 0 Å². The molecule has 1 heterocycles. The van der Waals surface area contributed by atoms with Crippen molar-refractivity contribution in [1.29, 1.82) is 0 Å². The van der Waals surface area contributed by atoms with E-state index in [1.165, 1.54) is 6.42 Å². The Balaban J connectivity index is 2.27. The Hall–Kier alpha value is -0.120. The molecular weight excluding hydrogens is 212 g/mol. The van der Waals surface area contributed by atoms with Gasteiger partial charge in [-0.1, -0.05) is 27.2 Å². The lowest BCUT2D eigenvalue weighted by Crippen LogP contribution is -2.51. The van der Waals surface area contributed by atoms with Gasteiger partial charge in [0.25, 0.3) is 0 Å². The molecule has 102 valence electrons. The van der Waals surface area contributed by atoms with Crippen molar-refractivity contribution < 1.29 is 5.11 Å². The highest BCUT2D eigenvalue weighted by Crippen LogP contribution is 2.12. The third kappa shape index (κ3) is 4.57. The van der Waals surface area contributed by atoms with Crippen LogP contribution >= 0.6 is 0 Å². The predicted molar refractivity (Wildman–Crippen MR) is 73.2 cm³/mol. The van der Waals surface area contributed by atoms with Crippen molar-refractivity contribution in [2.75, 3.05) is 32.7 Å². The summed E-state index contributed by atoms with van der Waals surface area (Å²) in [7, 11) is 0. The van der Waals surface area contributed by atoms with Crippen molar-refractivity contribution >= 4 is 0 Å². The highest BCUT2D eigenvalue weighted by Gasteiger charge is 2.22. The fourth-order valence-electron chi connectivity index (χ4n) is 2.36. The molecule has 3 heteroatoms. The second-order valence-electron chi connectivity index (χ2n) is 5.55. The van der Waals surface area contributed by atoms with E-state index in [1.807, 2.05) is 0 Å². The molecule has 0 radical (unpaired) electrons. The van der Waals surface area contributed by atoms with Crippen LogP contribution in [-0.4, -0.2) is 59.8 Å². The molecule has 1 rings (SSSR count). The lowest BCUT2D eigenvalue weighted by molar-refractivity contribution is 0.0360.